The fourth-order valence-corrected chi connectivity index (χ4v) is 9.86. The normalized spacial score (nSPS) is 12.0. The topological polar surface area (TPSA) is 26.3 Å². The fourth-order valence-electron chi connectivity index (χ4n) is 9.86. The molecule has 0 saturated carbocycles. The lowest BCUT2D eigenvalue weighted by molar-refractivity contribution is 0.669. The van der Waals surface area contributed by atoms with E-state index in [9.17, 15) is 0 Å². The first-order valence-electron chi connectivity index (χ1n) is 20.6. The van der Waals surface area contributed by atoms with E-state index in [1.54, 1.807) is 0 Å². The molecule has 2 heterocycles. The highest BCUT2D eigenvalue weighted by molar-refractivity contribution is 6.23. The molecule has 0 aliphatic carbocycles. The highest BCUT2D eigenvalue weighted by Crippen LogP contribution is 2.45. The molecule has 60 heavy (non-hydrogen) atoms. The molecule has 278 valence electrons. The summed E-state index contributed by atoms with van der Waals surface area (Å²) < 4.78 is 12.6. The van der Waals surface area contributed by atoms with Gasteiger partial charge in [0.25, 0.3) is 0 Å². The van der Waals surface area contributed by atoms with Crippen LogP contribution in [-0.2, 0) is 0 Å². The Morgan fingerprint density at radius 3 is 0.933 bits per heavy atom. The second-order valence-corrected chi connectivity index (χ2v) is 15.9. The Kier molecular flexibility index (Phi) is 7.05. The van der Waals surface area contributed by atoms with E-state index in [2.05, 4.69) is 206 Å². The quantitative estimate of drug-likeness (QED) is 0.167. The lowest BCUT2D eigenvalue weighted by atomic mass is 9.85. The van der Waals surface area contributed by atoms with Gasteiger partial charge in [0, 0.05) is 21.5 Å². The monoisotopic (exact) mass is 762 g/mol. The minimum Gasteiger partial charge on any atom is -0.456 e. The first-order chi connectivity index (χ1) is 29.7. The van der Waals surface area contributed by atoms with Gasteiger partial charge in [-0.2, -0.15) is 0 Å². The van der Waals surface area contributed by atoms with Crippen molar-refractivity contribution >= 4 is 87.0 Å². The van der Waals surface area contributed by atoms with E-state index in [-0.39, 0.29) is 0 Å². The van der Waals surface area contributed by atoms with Crippen LogP contribution in [0.5, 0.6) is 0 Å². The predicted octanol–water partition coefficient (Wildman–Crippen LogP) is 16.8. The Morgan fingerprint density at radius 1 is 0.217 bits per heavy atom. The summed E-state index contributed by atoms with van der Waals surface area (Å²) in [4.78, 5) is 0. The van der Waals surface area contributed by atoms with Crippen molar-refractivity contribution in [2.45, 2.75) is 0 Å². The summed E-state index contributed by atoms with van der Waals surface area (Å²) >= 11 is 0. The molecule has 0 atom stereocenters. The number of benzene rings is 11. The first kappa shape index (κ1) is 33.1. The fraction of sp³-hybridized carbons (Fsp3) is 0. The second-order valence-electron chi connectivity index (χ2n) is 15.9. The summed E-state index contributed by atoms with van der Waals surface area (Å²) in [6.07, 6.45) is 0. The summed E-state index contributed by atoms with van der Waals surface area (Å²) in [5.74, 6) is 0. The van der Waals surface area contributed by atoms with Crippen molar-refractivity contribution in [3.8, 4) is 44.5 Å². The van der Waals surface area contributed by atoms with Crippen LogP contribution in [0.4, 0.5) is 0 Å². The second kappa shape index (κ2) is 12.8. The maximum Gasteiger partial charge on any atom is 0.136 e. The Bertz CT molecular complexity index is 3550. The van der Waals surface area contributed by atoms with Crippen LogP contribution in [0.15, 0.2) is 215 Å². The average molecular weight is 763 g/mol. The van der Waals surface area contributed by atoms with Gasteiger partial charge in [0.05, 0.1) is 0 Å². The number of furan rings is 2. The van der Waals surface area contributed by atoms with Crippen molar-refractivity contribution in [1.82, 2.24) is 0 Å². The van der Waals surface area contributed by atoms with Gasteiger partial charge in [-0.1, -0.05) is 170 Å². The van der Waals surface area contributed by atoms with Crippen LogP contribution in [-0.4, -0.2) is 0 Å². The number of rotatable bonds is 4. The van der Waals surface area contributed by atoms with Gasteiger partial charge in [-0.3, -0.25) is 0 Å². The highest BCUT2D eigenvalue weighted by atomic mass is 16.3. The molecule has 2 heteroatoms. The molecule has 13 aromatic rings. The molecule has 11 aromatic carbocycles. The standard InChI is InChI=1S/C58H34O2/c1-3-11-43-37(9-1)25-31-53-57(43)49-33-41(27-29-51(49)59-53)35-17-21-39(22-18-35)55-45-13-5-7-15-47(45)56(48-16-8-6-14-46(48)55)40-23-19-36(20-24-40)42-28-30-52-50(34-42)58-44-12-4-2-10-38(44)26-32-54(58)60-52/h1-34H. The summed E-state index contributed by atoms with van der Waals surface area (Å²) in [7, 11) is 0. The van der Waals surface area contributed by atoms with Crippen molar-refractivity contribution < 1.29 is 8.83 Å². The molecular formula is C58H34O2. The van der Waals surface area contributed by atoms with Crippen molar-refractivity contribution in [1.29, 1.82) is 0 Å². The zero-order valence-electron chi connectivity index (χ0n) is 32.4. The smallest absolute Gasteiger partial charge is 0.136 e. The van der Waals surface area contributed by atoms with E-state index in [4.69, 9.17) is 8.83 Å². The number of hydrogen-bond acceptors (Lipinski definition) is 2. The highest BCUT2D eigenvalue weighted by Gasteiger charge is 2.18. The Hall–Kier alpha value is -7.94. The van der Waals surface area contributed by atoms with Crippen molar-refractivity contribution in [2.75, 3.05) is 0 Å². The predicted molar refractivity (Wildman–Crippen MR) is 253 cm³/mol. The van der Waals surface area contributed by atoms with E-state index >= 15 is 0 Å². The van der Waals surface area contributed by atoms with Gasteiger partial charge in [-0.05, 0) is 124 Å². The number of fused-ring (bicyclic) bond motifs is 12. The summed E-state index contributed by atoms with van der Waals surface area (Å²) in [6, 6.07) is 74.6. The third kappa shape index (κ3) is 4.95. The van der Waals surface area contributed by atoms with Gasteiger partial charge in [0.1, 0.15) is 22.3 Å². The van der Waals surface area contributed by atoms with Crippen LogP contribution in [0.25, 0.3) is 131 Å². The molecule has 0 unspecified atom stereocenters. The SMILES string of the molecule is c1ccc2c(c1)ccc1oc3ccc(-c4ccc(-c5c6ccccc6c(-c6ccc(-c7ccc8oc9ccc%10ccccc%10c9c8c7)cc6)c6ccccc56)cc4)cc3c12. The zero-order chi connectivity index (χ0) is 39.3. The average Bonchev–Trinajstić information content (AvgIpc) is 3.89. The largest absolute Gasteiger partial charge is 0.456 e. The molecule has 0 bridgehead atoms. The van der Waals surface area contributed by atoms with Gasteiger partial charge in [-0.25, -0.2) is 0 Å². The summed E-state index contributed by atoms with van der Waals surface area (Å²) in [5, 5.41) is 14.5. The molecule has 13 rings (SSSR count). The van der Waals surface area contributed by atoms with Crippen LogP contribution in [0.1, 0.15) is 0 Å². The summed E-state index contributed by atoms with van der Waals surface area (Å²) in [5.41, 5.74) is 13.3. The first-order valence-corrected chi connectivity index (χ1v) is 20.6. The molecule has 2 aromatic heterocycles. The minimum absolute atomic E-state index is 0.910. The molecule has 0 spiro atoms. The maximum atomic E-state index is 6.31. The Labute approximate surface area is 345 Å². The van der Waals surface area contributed by atoms with E-state index in [0.29, 0.717) is 0 Å². The van der Waals surface area contributed by atoms with E-state index in [0.717, 1.165) is 33.1 Å². The molecule has 2 nitrogen and oxygen atoms in total. The molecule has 0 aliphatic rings. The van der Waals surface area contributed by atoms with E-state index < -0.39 is 0 Å². The van der Waals surface area contributed by atoms with Crippen LogP contribution in [0, 0.1) is 0 Å². The number of hydrogen-bond donors (Lipinski definition) is 0. The molecular weight excluding hydrogens is 729 g/mol. The molecule has 0 N–H and O–H groups in total. The van der Waals surface area contributed by atoms with E-state index in [1.165, 1.54) is 98.4 Å². The molecule has 0 aliphatic heterocycles. The third-order valence-corrected chi connectivity index (χ3v) is 12.7. The molecule has 0 amide bonds. The Morgan fingerprint density at radius 2 is 0.533 bits per heavy atom. The molecule has 0 saturated heterocycles. The zero-order valence-corrected chi connectivity index (χ0v) is 32.4. The maximum absolute atomic E-state index is 6.31. The lowest BCUT2D eigenvalue weighted by Gasteiger charge is -2.18. The Balaban J connectivity index is 0.904. The van der Waals surface area contributed by atoms with Gasteiger partial charge in [-0.15, -0.1) is 0 Å². The third-order valence-electron chi connectivity index (χ3n) is 12.7. The molecule has 0 radical (unpaired) electrons. The van der Waals surface area contributed by atoms with Crippen molar-refractivity contribution in [2.24, 2.45) is 0 Å². The van der Waals surface area contributed by atoms with Gasteiger partial charge < -0.3 is 8.83 Å². The van der Waals surface area contributed by atoms with Gasteiger partial charge >= 0.3 is 0 Å². The lowest BCUT2D eigenvalue weighted by Crippen LogP contribution is -1.91. The van der Waals surface area contributed by atoms with Crippen molar-refractivity contribution in [3.05, 3.63) is 206 Å². The van der Waals surface area contributed by atoms with Gasteiger partial charge in [0.15, 0.2) is 0 Å². The van der Waals surface area contributed by atoms with Crippen LogP contribution >= 0.6 is 0 Å². The van der Waals surface area contributed by atoms with Crippen LogP contribution in [0.3, 0.4) is 0 Å². The minimum atomic E-state index is 0.910. The molecule has 0 fully saturated rings. The van der Waals surface area contributed by atoms with Gasteiger partial charge in [0.2, 0.25) is 0 Å². The van der Waals surface area contributed by atoms with Crippen LogP contribution < -0.4 is 0 Å². The van der Waals surface area contributed by atoms with E-state index in [1.807, 2.05) is 0 Å². The van der Waals surface area contributed by atoms with Crippen molar-refractivity contribution in [3.63, 3.8) is 0 Å². The van der Waals surface area contributed by atoms with Crippen LogP contribution in [0.2, 0.25) is 0 Å². The summed E-state index contributed by atoms with van der Waals surface area (Å²) in [6.45, 7) is 0.